The molecular formula is C22H28N6O3S. The average molecular weight is 457 g/mol. The van der Waals surface area contributed by atoms with Gasteiger partial charge in [-0.05, 0) is 37.2 Å². The lowest BCUT2D eigenvalue weighted by Gasteiger charge is -2.33. The predicted molar refractivity (Wildman–Crippen MR) is 125 cm³/mol. The molecule has 10 heteroatoms. The molecule has 0 aliphatic carbocycles. The van der Waals surface area contributed by atoms with Crippen molar-refractivity contribution in [3.05, 3.63) is 48.2 Å². The number of nitrogens with one attached hydrogen (secondary N) is 2. The monoisotopic (exact) mass is 456 g/mol. The number of aromatic nitrogens is 1. The zero-order valence-corrected chi connectivity index (χ0v) is 19.3. The van der Waals surface area contributed by atoms with E-state index in [1.165, 1.54) is 6.07 Å². The smallest absolute Gasteiger partial charge is 0.263 e. The second-order valence-corrected chi connectivity index (χ2v) is 10.1. The third kappa shape index (κ3) is 4.61. The Morgan fingerprint density at radius 3 is 2.50 bits per heavy atom. The number of sulfonamides is 1. The van der Waals surface area contributed by atoms with E-state index in [0.717, 1.165) is 32.0 Å². The Balaban J connectivity index is 1.50. The van der Waals surface area contributed by atoms with Crippen LogP contribution in [-0.2, 0) is 14.8 Å². The van der Waals surface area contributed by atoms with Gasteiger partial charge in [-0.1, -0.05) is 26.0 Å². The Bertz CT molecular complexity index is 1120. The van der Waals surface area contributed by atoms with Crippen molar-refractivity contribution in [2.75, 3.05) is 43.4 Å². The van der Waals surface area contributed by atoms with Gasteiger partial charge in [0.1, 0.15) is 17.7 Å². The van der Waals surface area contributed by atoms with Gasteiger partial charge in [-0.15, -0.1) is 0 Å². The molecule has 0 unspecified atom stereocenters. The molecule has 0 bridgehead atoms. The lowest BCUT2D eigenvalue weighted by atomic mass is 10.0. The van der Waals surface area contributed by atoms with Gasteiger partial charge >= 0.3 is 0 Å². The number of amidine groups is 1. The van der Waals surface area contributed by atoms with Gasteiger partial charge < -0.3 is 15.1 Å². The highest BCUT2D eigenvalue weighted by Gasteiger charge is 2.32. The molecular weight excluding hydrogens is 428 g/mol. The molecule has 1 atom stereocenters. The first-order valence-electron chi connectivity index (χ1n) is 10.6. The van der Waals surface area contributed by atoms with E-state index in [-0.39, 0.29) is 22.6 Å². The van der Waals surface area contributed by atoms with Crippen LogP contribution < -0.4 is 14.9 Å². The van der Waals surface area contributed by atoms with Gasteiger partial charge in [-0.2, -0.15) is 0 Å². The van der Waals surface area contributed by atoms with Crippen LogP contribution in [0, 0.1) is 5.92 Å². The highest BCUT2D eigenvalue weighted by molar-refractivity contribution is 7.90. The maximum atomic E-state index is 13.0. The van der Waals surface area contributed by atoms with Crippen LogP contribution in [0.5, 0.6) is 0 Å². The van der Waals surface area contributed by atoms with E-state index in [2.05, 4.69) is 36.9 Å². The van der Waals surface area contributed by atoms with Crippen LogP contribution in [0.1, 0.15) is 19.4 Å². The Hall–Kier alpha value is -2.98. The third-order valence-corrected chi connectivity index (χ3v) is 7.07. The lowest BCUT2D eigenvalue weighted by Crippen LogP contribution is -2.44. The van der Waals surface area contributed by atoms with E-state index < -0.39 is 16.1 Å². The summed E-state index contributed by atoms with van der Waals surface area (Å²) >= 11 is 0. The number of aliphatic imine (C=N–C) groups is 1. The van der Waals surface area contributed by atoms with Crippen molar-refractivity contribution in [2.45, 2.75) is 24.8 Å². The van der Waals surface area contributed by atoms with Crippen molar-refractivity contribution in [2.24, 2.45) is 10.9 Å². The summed E-state index contributed by atoms with van der Waals surface area (Å²) in [6.07, 6.45) is 1.64. The molecule has 9 nitrogen and oxygen atoms in total. The number of carbonyl (C=O) groups excluding carboxylic acids is 1. The Kier molecular flexibility index (Phi) is 6.16. The number of pyridine rings is 1. The van der Waals surface area contributed by atoms with Gasteiger partial charge in [0.15, 0.2) is 0 Å². The summed E-state index contributed by atoms with van der Waals surface area (Å²) in [6, 6.07) is 9.58. The van der Waals surface area contributed by atoms with Crippen molar-refractivity contribution in [1.29, 1.82) is 0 Å². The molecule has 170 valence electrons. The van der Waals surface area contributed by atoms with Crippen LogP contribution in [-0.4, -0.2) is 69.3 Å². The summed E-state index contributed by atoms with van der Waals surface area (Å²) in [5.74, 6) is 0.620. The van der Waals surface area contributed by atoms with Crippen LogP contribution in [0.3, 0.4) is 0 Å². The molecule has 2 aliphatic rings. The average Bonchev–Trinajstić information content (AvgIpc) is 3.03. The highest BCUT2D eigenvalue weighted by Crippen LogP contribution is 2.24. The Morgan fingerprint density at radius 2 is 1.84 bits per heavy atom. The number of rotatable bonds is 5. The first-order chi connectivity index (χ1) is 15.2. The number of anilines is 2. The Labute approximate surface area is 188 Å². The summed E-state index contributed by atoms with van der Waals surface area (Å²) in [7, 11) is -1.56. The van der Waals surface area contributed by atoms with E-state index in [0.29, 0.717) is 11.3 Å². The van der Waals surface area contributed by atoms with Crippen LogP contribution in [0.4, 0.5) is 11.5 Å². The molecule has 1 aromatic heterocycles. The lowest BCUT2D eigenvalue weighted by molar-refractivity contribution is -0.118. The number of carbonyl (C=O) groups is 1. The molecule has 1 saturated heterocycles. The van der Waals surface area contributed by atoms with Crippen LogP contribution >= 0.6 is 0 Å². The Morgan fingerprint density at radius 1 is 1.12 bits per heavy atom. The first-order valence-corrected chi connectivity index (χ1v) is 12.1. The SMILES string of the molecule is CC(C)[C@H](N=C1NS(=O)(=O)c2ccccc21)C(=O)Nc1ccc(N2CCN(C)CC2)nc1. The van der Waals surface area contributed by atoms with Crippen LogP contribution in [0.15, 0.2) is 52.5 Å². The fourth-order valence-corrected chi connectivity index (χ4v) is 5.02. The molecule has 2 N–H and O–H groups in total. The topological polar surface area (TPSA) is 107 Å². The van der Waals surface area contributed by atoms with E-state index in [1.54, 1.807) is 24.4 Å². The number of likely N-dealkylation sites (N-methyl/N-ethyl adjacent to an activating group) is 1. The van der Waals surface area contributed by atoms with Gasteiger partial charge in [-0.3, -0.25) is 14.5 Å². The molecule has 4 rings (SSSR count). The maximum absolute atomic E-state index is 13.0. The third-order valence-electron chi connectivity index (χ3n) is 5.67. The van der Waals surface area contributed by atoms with E-state index in [9.17, 15) is 13.2 Å². The highest BCUT2D eigenvalue weighted by atomic mass is 32.2. The maximum Gasteiger partial charge on any atom is 0.263 e. The second kappa shape index (κ2) is 8.87. The summed E-state index contributed by atoms with van der Waals surface area (Å²) < 4.78 is 27.2. The molecule has 0 radical (unpaired) electrons. The van der Waals surface area contributed by atoms with Crippen molar-refractivity contribution in [3.8, 4) is 0 Å². The fraction of sp³-hybridized carbons (Fsp3) is 0.409. The summed E-state index contributed by atoms with van der Waals surface area (Å²) in [5, 5.41) is 2.87. The molecule has 1 aromatic carbocycles. The van der Waals surface area contributed by atoms with E-state index >= 15 is 0 Å². The largest absolute Gasteiger partial charge is 0.354 e. The zero-order chi connectivity index (χ0) is 22.9. The number of piperazine rings is 1. The van der Waals surface area contributed by atoms with Gasteiger partial charge in [-0.25, -0.2) is 13.4 Å². The molecule has 0 saturated carbocycles. The van der Waals surface area contributed by atoms with Crippen LogP contribution in [0.25, 0.3) is 0 Å². The predicted octanol–water partition coefficient (Wildman–Crippen LogP) is 1.54. The zero-order valence-electron chi connectivity index (χ0n) is 18.4. The van der Waals surface area contributed by atoms with Gasteiger partial charge in [0.2, 0.25) is 5.91 Å². The number of amides is 1. The van der Waals surface area contributed by atoms with Crippen LogP contribution in [0.2, 0.25) is 0 Å². The summed E-state index contributed by atoms with van der Waals surface area (Å²) in [6.45, 7) is 7.56. The normalized spacial score (nSPS) is 20.1. The first kappa shape index (κ1) is 22.2. The summed E-state index contributed by atoms with van der Waals surface area (Å²) in [5.41, 5.74) is 1.05. The minimum absolute atomic E-state index is 0.141. The number of fused-ring (bicyclic) bond motifs is 1. The molecule has 2 aromatic rings. The number of benzene rings is 1. The van der Waals surface area contributed by atoms with E-state index in [1.807, 2.05) is 26.0 Å². The van der Waals surface area contributed by atoms with Gasteiger partial charge in [0.25, 0.3) is 10.0 Å². The van der Waals surface area contributed by atoms with Gasteiger partial charge in [0.05, 0.1) is 16.8 Å². The minimum atomic E-state index is -3.66. The fourth-order valence-electron chi connectivity index (χ4n) is 3.78. The quantitative estimate of drug-likeness (QED) is 0.707. The van der Waals surface area contributed by atoms with Crippen molar-refractivity contribution in [1.82, 2.24) is 14.6 Å². The molecule has 0 spiro atoms. The second-order valence-electron chi connectivity index (χ2n) is 8.45. The molecule has 32 heavy (non-hydrogen) atoms. The number of hydrogen-bond donors (Lipinski definition) is 2. The molecule has 1 amide bonds. The van der Waals surface area contributed by atoms with Crippen molar-refractivity contribution in [3.63, 3.8) is 0 Å². The van der Waals surface area contributed by atoms with Crippen molar-refractivity contribution >= 4 is 33.3 Å². The standard InChI is InChI=1S/C22H28N6O3S/c1-15(2)20(25-21-17-6-4-5-7-18(17)32(30,31)26-21)22(29)24-16-8-9-19(23-14-16)28-12-10-27(3)11-13-28/h4-9,14-15,20H,10-13H2,1-3H3,(H,24,29)(H,25,26)/t20-/m0/s1. The van der Waals surface area contributed by atoms with E-state index in [4.69, 9.17) is 0 Å². The minimum Gasteiger partial charge on any atom is -0.354 e. The van der Waals surface area contributed by atoms with Crippen molar-refractivity contribution < 1.29 is 13.2 Å². The number of nitrogens with zero attached hydrogens (tertiary/aromatic N) is 4. The molecule has 3 heterocycles. The van der Waals surface area contributed by atoms with Gasteiger partial charge in [0, 0.05) is 31.7 Å². The number of hydrogen-bond acceptors (Lipinski definition) is 7. The molecule has 2 aliphatic heterocycles. The summed E-state index contributed by atoms with van der Waals surface area (Å²) in [4.78, 5) is 26.7. The molecule has 1 fully saturated rings.